The normalized spacial score (nSPS) is 15.8. The summed E-state index contributed by atoms with van der Waals surface area (Å²) in [6, 6.07) is 5.16. The highest BCUT2D eigenvalue weighted by Gasteiger charge is 2.20. The van der Waals surface area contributed by atoms with Gasteiger partial charge in [0, 0.05) is 38.4 Å². The molecule has 4 heterocycles. The number of allylic oxidation sites excluding steroid dienone is 1. The maximum Gasteiger partial charge on any atom is 0.269 e. The first kappa shape index (κ1) is 21.6. The predicted octanol–water partition coefficient (Wildman–Crippen LogP) is 3.20. The van der Waals surface area contributed by atoms with Crippen molar-refractivity contribution in [3.63, 3.8) is 0 Å². The van der Waals surface area contributed by atoms with Crippen LogP contribution in [0.4, 0.5) is 10.1 Å². The van der Waals surface area contributed by atoms with Crippen molar-refractivity contribution in [1.29, 1.82) is 0 Å². The fourth-order valence-electron chi connectivity index (χ4n) is 3.93. The number of amides is 1. The van der Waals surface area contributed by atoms with Gasteiger partial charge in [-0.25, -0.2) is 9.78 Å². The molecule has 2 aliphatic rings. The second-order valence-corrected chi connectivity index (χ2v) is 7.73. The number of fused-ring (bicyclic) bond motifs is 1. The van der Waals surface area contributed by atoms with E-state index < -0.39 is 11.9 Å². The predicted molar refractivity (Wildman–Crippen MR) is 121 cm³/mol. The number of hydrogen-bond donors (Lipinski definition) is 2. The number of carbonyl (C=O) groups excluding carboxylic acids is 2. The summed E-state index contributed by atoms with van der Waals surface area (Å²) in [5.74, 6) is 0.925. The fraction of sp³-hybridized carbons (Fsp3) is 0.292. The molecule has 32 heavy (non-hydrogen) atoms. The lowest BCUT2D eigenvalue weighted by Gasteiger charge is -2.27. The lowest BCUT2D eigenvalue weighted by Crippen LogP contribution is -2.28. The maximum absolute atomic E-state index is 14.5. The summed E-state index contributed by atoms with van der Waals surface area (Å²) in [5, 5.41) is 5.58. The van der Waals surface area contributed by atoms with Crippen LogP contribution in [0.15, 0.2) is 41.7 Å². The molecule has 0 atom stereocenters. The summed E-state index contributed by atoms with van der Waals surface area (Å²) in [6.45, 7) is 4.09. The Labute approximate surface area is 185 Å². The molecule has 0 spiro atoms. The Balaban J connectivity index is 1.45. The molecule has 164 valence electrons. The number of hydrogen-bond acceptors (Lipinski definition) is 6. The van der Waals surface area contributed by atoms with E-state index in [1.807, 2.05) is 37.3 Å². The molecule has 8 heteroatoms. The van der Waals surface area contributed by atoms with Gasteiger partial charge in [-0.3, -0.25) is 14.7 Å². The summed E-state index contributed by atoms with van der Waals surface area (Å²) in [7, 11) is 1.49. The van der Waals surface area contributed by atoms with Crippen molar-refractivity contribution in [3.05, 3.63) is 70.2 Å². The molecule has 7 nitrogen and oxygen atoms in total. The van der Waals surface area contributed by atoms with E-state index in [9.17, 15) is 14.0 Å². The highest BCUT2D eigenvalue weighted by atomic mass is 19.1. The van der Waals surface area contributed by atoms with Gasteiger partial charge >= 0.3 is 0 Å². The van der Waals surface area contributed by atoms with Gasteiger partial charge in [0.15, 0.2) is 5.94 Å². The molecule has 0 saturated heterocycles. The quantitative estimate of drug-likeness (QED) is 0.556. The smallest absolute Gasteiger partial charge is 0.269 e. The number of carbonyl (C=O) groups is 1. The Morgan fingerprint density at radius 3 is 2.88 bits per heavy atom. The zero-order valence-corrected chi connectivity index (χ0v) is 18.0. The molecule has 2 N–H and O–H groups in total. The van der Waals surface area contributed by atoms with E-state index in [1.165, 1.54) is 13.1 Å². The standard InChI is InChI=1S/C24H24FN5O2/c1-3-16-11-20-21(28-22(16)14-31)10-15(12-27-20)13-30-8-6-17(7-9-30)18-4-5-19(24(32)26-2)29-23(18)25/h4-6,10-12,28H,3,7-9,13H2,1-2H3,(H,26,32). The van der Waals surface area contributed by atoms with Gasteiger partial charge in [-0.15, -0.1) is 0 Å². The second kappa shape index (κ2) is 9.26. The summed E-state index contributed by atoms with van der Waals surface area (Å²) >= 11 is 0. The zero-order valence-electron chi connectivity index (χ0n) is 18.0. The Kier molecular flexibility index (Phi) is 6.25. The second-order valence-electron chi connectivity index (χ2n) is 7.73. The lowest BCUT2D eigenvalue weighted by atomic mass is 9.99. The summed E-state index contributed by atoms with van der Waals surface area (Å²) < 4.78 is 14.5. The molecule has 2 aromatic heterocycles. The number of nitrogens with one attached hydrogen (secondary N) is 2. The fourth-order valence-corrected chi connectivity index (χ4v) is 3.93. The van der Waals surface area contributed by atoms with Crippen molar-refractivity contribution >= 4 is 29.2 Å². The van der Waals surface area contributed by atoms with E-state index in [0.717, 1.165) is 41.1 Å². The third-order valence-corrected chi connectivity index (χ3v) is 5.70. The number of anilines is 1. The van der Waals surface area contributed by atoms with Gasteiger partial charge in [0.25, 0.3) is 5.91 Å². The Morgan fingerprint density at radius 2 is 2.22 bits per heavy atom. The number of halogens is 1. The number of nitrogens with zero attached hydrogens (tertiary/aromatic N) is 3. The number of rotatable bonds is 5. The molecule has 0 fully saturated rings. The van der Waals surface area contributed by atoms with Crippen molar-refractivity contribution in [2.24, 2.45) is 0 Å². The average Bonchev–Trinajstić information content (AvgIpc) is 2.83. The summed E-state index contributed by atoms with van der Waals surface area (Å²) in [6.07, 6.45) is 7.17. The van der Waals surface area contributed by atoms with Crippen molar-refractivity contribution < 1.29 is 14.0 Å². The van der Waals surface area contributed by atoms with E-state index in [0.29, 0.717) is 30.8 Å². The van der Waals surface area contributed by atoms with Gasteiger partial charge in [0.05, 0.1) is 11.4 Å². The minimum atomic E-state index is -0.630. The van der Waals surface area contributed by atoms with Gasteiger partial charge < -0.3 is 10.6 Å². The van der Waals surface area contributed by atoms with Crippen LogP contribution in [0.2, 0.25) is 0 Å². The van der Waals surface area contributed by atoms with Gasteiger partial charge in [-0.2, -0.15) is 4.39 Å². The highest BCUT2D eigenvalue weighted by Crippen LogP contribution is 2.30. The Morgan fingerprint density at radius 1 is 1.38 bits per heavy atom. The topological polar surface area (TPSA) is 87.2 Å². The molecule has 1 amide bonds. The van der Waals surface area contributed by atoms with Crippen LogP contribution in [-0.2, 0) is 11.3 Å². The molecule has 0 unspecified atom stereocenters. The van der Waals surface area contributed by atoms with Gasteiger partial charge in [-0.1, -0.05) is 13.0 Å². The average molecular weight is 433 g/mol. The van der Waals surface area contributed by atoms with E-state index in [-0.39, 0.29) is 5.69 Å². The molecule has 0 radical (unpaired) electrons. The van der Waals surface area contributed by atoms with E-state index in [1.54, 1.807) is 6.07 Å². The maximum atomic E-state index is 14.5. The van der Waals surface area contributed by atoms with Crippen molar-refractivity contribution in [1.82, 2.24) is 20.2 Å². The Bertz CT molecular complexity index is 1180. The largest absolute Gasteiger partial charge is 0.354 e. The third kappa shape index (κ3) is 4.37. The van der Waals surface area contributed by atoms with Gasteiger partial charge in [-0.05, 0) is 53.8 Å². The monoisotopic (exact) mass is 433 g/mol. The van der Waals surface area contributed by atoms with Gasteiger partial charge in [0.2, 0.25) is 5.95 Å². The van der Waals surface area contributed by atoms with Crippen molar-refractivity contribution in [2.45, 2.75) is 26.3 Å². The zero-order chi connectivity index (χ0) is 22.7. The molecule has 0 saturated carbocycles. The van der Waals surface area contributed by atoms with Crippen LogP contribution in [0.1, 0.15) is 47.1 Å². The van der Waals surface area contributed by atoms with E-state index >= 15 is 0 Å². The van der Waals surface area contributed by atoms with Crippen LogP contribution in [0.5, 0.6) is 0 Å². The Hall–Kier alpha value is -3.61. The van der Waals surface area contributed by atoms with Crippen LogP contribution in [0, 0.1) is 5.95 Å². The molecule has 0 aromatic carbocycles. The number of pyridine rings is 2. The molecule has 2 aliphatic heterocycles. The van der Waals surface area contributed by atoms with Crippen LogP contribution in [0.25, 0.3) is 11.6 Å². The first-order valence-electron chi connectivity index (χ1n) is 10.5. The highest BCUT2D eigenvalue weighted by molar-refractivity contribution is 5.92. The molecular weight excluding hydrogens is 409 g/mol. The summed E-state index contributed by atoms with van der Waals surface area (Å²) in [5.41, 5.74) is 5.38. The van der Waals surface area contributed by atoms with E-state index in [2.05, 4.69) is 25.5 Å². The number of aromatic nitrogens is 2. The van der Waals surface area contributed by atoms with Crippen LogP contribution in [-0.4, -0.2) is 46.9 Å². The van der Waals surface area contributed by atoms with Crippen molar-refractivity contribution in [2.75, 3.05) is 25.5 Å². The molecule has 0 aliphatic carbocycles. The minimum Gasteiger partial charge on any atom is -0.354 e. The first-order valence-corrected chi connectivity index (χ1v) is 10.5. The van der Waals surface area contributed by atoms with Crippen LogP contribution < -0.4 is 10.6 Å². The SMILES string of the molecule is CCC1=Cc2ncc(CN3CC=C(c4ccc(C(=O)NC)nc4F)CC3)cc2NC1=C=O. The molecule has 0 bridgehead atoms. The third-order valence-electron chi connectivity index (χ3n) is 5.70. The van der Waals surface area contributed by atoms with Crippen LogP contribution >= 0.6 is 0 Å². The van der Waals surface area contributed by atoms with Crippen LogP contribution in [0.3, 0.4) is 0 Å². The molecular formula is C24H24FN5O2. The molecule has 4 rings (SSSR count). The first-order chi connectivity index (χ1) is 15.5. The van der Waals surface area contributed by atoms with Gasteiger partial charge in [0.1, 0.15) is 11.4 Å². The van der Waals surface area contributed by atoms with E-state index in [4.69, 9.17) is 0 Å². The lowest BCUT2D eigenvalue weighted by molar-refractivity contribution is 0.0957. The summed E-state index contributed by atoms with van der Waals surface area (Å²) in [4.78, 5) is 33.4. The molecule has 2 aromatic rings. The van der Waals surface area contributed by atoms with Crippen molar-refractivity contribution in [3.8, 4) is 0 Å². The minimum absolute atomic E-state index is 0.0637.